The van der Waals surface area contributed by atoms with E-state index in [1.54, 1.807) is 0 Å². The number of nitrogens with two attached hydrogens (primary N) is 1. The molecule has 1 aromatic rings. The van der Waals surface area contributed by atoms with Crippen LogP contribution in [0.3, 0.4) is 0 Å². The van der Waals surface area contributed by atoms with Crippen LogP contribution < -0.4 is 5.73 Å². The smallest absolute Gasteiger partial charge is 0.235 e. The Kier molecular flexibility index (Phi) is 1.44. The number of nitrogens with one attached hydrogen (secondary N) is 1. The lowest BCUT2D eigenvalue weighted by Gasteiger charge is -2.09. The third-order valence-electron chi connectivity index (χ3n) is 0.876. The topological polar surface area (TPSA) is 74.9 Å². The summed E-state index contributed by atoms with van der Waals surface area (Å²) < 4.78 is 0. The highest BCUT2D eigenvalue weighted by Crippen LogP contribution is 2.14. The molecular weight excluding hydrogens is 142 g/mol. The SMILES string of the molecule is NC(O)(Cl)c1cnc[nH]1. The van der Waals surface area contributed by atoms with Crippen LogP contribution in [0.2, 0.25) is 0 Å². The standard InChI is InChI=1S/C4H6ClN3O/c5-4(6,9)3-1-7-2-8-3/h1-2,9H,6H2,(H,7,8). The lowest BCUT2D eigenvalue weighted by atomic mass is 10.4. The Labute approximate surface area is 56.7 Å². The second-order valence-corrected chi connectivity index (χ2v) is 2.21. The number of imidazole rings is 1. The van der Waals surface area contributed by atoms with Crippen molar-refractivity contribution in [1.29, 1.82) is 0 Å². The van der Waals surface area contributed by atoms with Gasteiger partial charge in [-0.2, -0.15) is 0 Å². The van der Waals surface area contributed by atoms with Gasteiger partial charge < -0.3 is 10.1 Å². The zero-order valence-electron chi connectivity index (χ0n) is 4.50. The molecule has 0 bridgehead atoms. The summed E-state index contributed by atoms with van der Waals surface area (Å²) in [6.45, 7) is 0. The van der Waals surface area contributed by atoms with Gasteiger partial charge in [0, 0.05) is 0 Å². The Balaban J connectivity index is 2.90. The highest BCUT2D eigenvalue weighted by Gasteiger charge is 2.20. The number of H-pyrrole nitrogens is 1. The fourth-order valence-electron chi connectivity index (χ4n) is 0.448. The number of aliphatic hydroxyl groups is 1. The molecule has 4 nitrogen and oxygen atoms in total. The molecule has 0 saturated heterocycles. The highest BCUT2D eigenvalue weighted by atomic mass is 35.5. The molecule has 50 valence electrons. The highest BCUT2D eigenvalue weighted by molar-refractivity contribution is 6.22. The minimum absolute atomic E-state index is 0.282. The van der Waals surface area contributed by atoms with Crippen molar-refractivity contribution < 1.29 is 5.11 Å². The average molecular weight is 148 g/mol. The lowest BCUT2D eigenvalue weighted by Crippen LogP contribution is -2.29. The zero-order valence-corrected chi connectivity index (χ0v) is 5.26. The predicted octanol–water partition coefficient (Wildman–Crippen LogP) is -0.290. The molecule has 0 saturated carbocycles. The maximum Gasteiger partial charge on any atom is 0.235 e. The van der Waals surface area contributed by atoms with Crippen molar-refractivity contribution in [3.63, 3.8) is 0 Å². The molecule has 0 amide bonds. The second-order valence-electron chi connectivity index (χ2n) is 1.64. The number of alkyl halides is 1. The van der Waals surface area contributed by atoms with Crippen molar-refractivity contribution in [2.75, 3.05) is 0 Å². The van der Waals surface area contributed by atoms with Crippen LogP contribution in [0.4, 0.5) is 0 Å². The van der Waals surface area contributed by atoms with Gasteiger partial charge in [-0.15, -0.1) is 0 Å². The van der Waals surface area contributed by atoms with E-state index in [1.807, 2.05) is 0 Å². The summed E-state index contributed by atoms with van der Waals surface area (Å²) in [5.74, 6) is 0. The molecule has 0 fully saturated rings. The van der Waals surface area contributed by atoms with Gasteiger partial charge in [-0.05, 0) is 0 Å². The van der Waals surface area contributed by atoms with Crippen LogP contribution in [-0.4, -0.2) is 15.1 Å². The minimum atomic E-state index is -1.82. The molecule has 1 aromatic heterocycles. The summed E-state index contributed by atoms with van der Waals surface area (Å²) in [6.07, 6.45) is 2.74. The van der Waals surface area contributed by atoms with E-state index >= 15 is 0 Å². The fourth-order valence-corrected chi connectivity index (χ4v) is 0.551. The van der Waals surface area contributed by atoms with Crippen LogP contribution in [0.25, 0.3) is 0 Å². The Bertz CT molecular complexity index is 178. The summed E-state index contributed by atoms with van der Waals surface area (Å²) in [7, 11) is 0. The monoisotopic (exact) mass is 147 g/mol. The van der Waals surface area contributed by atoms with Gasteiger partial charge in [0.2, 0.25) is 5.18 Å². The molecule has 0 aliphatic heterocycles. The Morgan fingerprint density at radius 3 is 2.78 bits per heavy atom. The number of nitrogens with zero attached hydrogens (tertiary/aromatic N) is 1. The number of aromatic nitrogens is 2. The molecule has 1 unspecified atom stereocenters. The molecular formula is C4H6ClN3O. The van der Waals surface area contributed by atoms with Crippen LogP contribution in [0, 0.1) is 0 Å². The summed E-state index contributed by atoms with van der Waals surface area (Å²) >= 11 is 5.26. The van der Waals surface area contributed by atoms with E-state index < -0.39 is 5.18 Å². The largest absolute Gasteiger partial charge is 0.358 e. The molecule has 0 spiro atoms. The maximum atomic E-state index is 8.85. The Hall–Kier alpha value is -0.580. The van der Waals surface area contributed by atoms with E-state index in [0.29, 0.717) is 0 Å². The molecule has 1 rings (SSSR count). The van der Waals surface area contributed by atoms with Crippen molar-refractivity contribution in [2.45, 2.75) is 5.18 Å². The third kappa shape index (κ3) is 1.41. The van der Waals surface area contributed by atoms with Gasteiger partial charge in [0.1, 0.15) is 0 Å². The van der Waals surface area contributed by atoms with Crippen molar-refractivity contribution in [3.8, 4) is 0 Å². The van der Waals surface area contributed by atoms with Crippen LogP contribution >= 0.6 is 11.6 Å². The van der Waals surface area contributed by atoms with E-state index in [0.717, 1.165) is 0 Å². The van der Waals surface area contributed by atoms with E-state index in [4.69, 9.17) is 22.4 Å². The van der Waals surface area contributed by atoms with Gasteiger partial charge in [0.15, 0.2) is 0 Å². The normalized spacial score (nSPS) is 17.2. The predicted molar refractivity (Wildman–Crippen MR) is 32.5 cm³/mol. The molecule has 4 N–H and O–H groups in total. The number of hydrogen-bond donors (Lipinski definition) is 3. The molecule has 5 heteroatoms. The minimum Gasteiger partial charge on any atom is -0.358 e. The zero-order chi connectivity index (χ0) is 6.91. The first-order valence-electron chi connectivity index (χ1n) is 2.30. The Morgan fingerprint density at radius 2 is 2.56 bits per heavy atom. The van der Waals surface area contributed by atoms with Crippen LogP contribution in [0.15, 0.2) is 12.5 Å². The molecule has 0 aliphatic carbocycles. The van der Waals surface area contributed by atoms with E-state index in [9.17, 15) is 0 Å². The first-order chi connectivity index (χ1) is 4.11. The summed E-state index contributed by atoms with van der Waals surface area (Å²) in [4.78, 5) is 6.17. The van der Waals surface area contributed by atoms with Crippen molar-refractivity contribution in [1.82, 2.24) is 9.97 Å². The van der Waals surface area contributed by atoms with Gasteiger partial charge in [-0.3, -0.25) is 5.73 Å². The number of aromatic amines is 1. The van der Waals surface area contributed by atoms with E-state index in [-0.39, 0.29) is 5.69 Å². The molecule has 0 aliphatic rings. The fraction of sp³-hybridized carbons (Fsp3) is 0.250. The molecule has 1 heterocycles. The van der Waals surface area contributed by atoms with Crippen molar-refractivity contribution >= 4 is 11.6 Å². The summed E-state index contributed by atoms with van der Waals surface area (Å²) in [6, 6.07) is 0. The van der Waals surface area contributed by atoms with Gasteiger partial charge in [0.25, 0.3) is 0 Å². The van der Waals surface area contributed by atoms with Gasteiger partial charge in [-0.1, -0.05) is 11.6 Å². The summed E-state index contributed by atoms with van der Waals surface area (Å²) in [5, 5.41) is 7.03. The molecule has 9 heavy (non-hydrogen) atoms. The first kappa shape index (κ1) is 6.54. The summed E-state index contributed by atoms with van der Waals surface area (Å²) in [5.41, 5.74) is 5.33. The van der Waals surface area contributed by atoms with E-state index in [2.05, 4.69) is 9.97 Å². The number of hydrogen-bond acceptors (Lipinski definition) is 3. The van der Waals surface area contributed by atoms with Crippen molar-refractivity contribution in [3.05, 3.63) is 18.2 Å². The molecule has 1 atom stereocenters. The number of halogens is 1. The Morgan fingerprint density at radius 1 is 1.89 bits per heavy atom. The van der Waals surface area contributed by atoms with Crippen molar-refractivity contribution in [2.24, 2.45) is 5.73 Å². The second kappa shape index (κ2) is 1.98. The third-order valence-corrected chi connectivity index (χ3v) is 1.08. The molecule has 0 aromatic carbocycles. The number of rotatable bonds is 1. The average Bonchev–Trinajstić information content (AvgIpc) is 2.08. The lowest BCUT2D eigenvalue weighted by molar-refractivity contribution is 0.132. The maximum absolute atomic E-state index is 8.85. The quantitative estimate of drug-likeness (QED) is 0.290. The van der Waals surface area contributed by atoms with Gasteiger partial charge in [0.05, 0.1) is 18.2 Å². The van der Waals surface area contributed by atoms with Crippen LogP contribution in [0.5, 0.6) is 0 Å². The van der Waals surface area contributed by atoms with Gasteiger partial charge >= 0.3 is 0 Å². The first-order valence-corrected chi connectivity index (χ1v) is 2.67. The van der Waals surface area contributed by atoms with Crippen LogP contribution in [-0.2, 0) is 5.18 Å². The molecule has 0 radical (unpaired) electrons. The van der Waals surface area contributed by atoms with Crippen LogP contribution in [0.1, 0.15) is 5.69 Å². The van der Waals surface area contributed by atoms with Gasteiger partial charge in [-0.25, -0.2) is 4.98 Å². The van der Waals surface area contributed by atoms with E-state index in [1.165, 1.54) is 12.5 Å².